The zero-order valence-corrected chi connectivity index (χ0v) is 21.8. The smallest absolute Gasteiger partial charge is 0.281 e. The van der Waals surface area contributed by atoms with E-state index in [1.807, 2.05) is 60.7 Å². The van der Waals surface area contributed by atoms with Crippen LogP contribution in [0.1, 0.15) is 11.1 Å². The second kappa shape index (κ2) is 11.0. The Kier molecular flexibility index (Phi) is 8.72. The number of rotatable bonds is 4. The third-order valence-corrected chi connectivity index (χ3v) is 6.08. The third kappa shape index (κ3) is 7.33. The van der Waals surface area contributed by atoms with Gasteiger partial charge in [0.05, 0.1) is 13.1 Å². The van der Waals surface area contributed by atoms with Gasteiger partial charge >= 0.3 is 5.91 Å². The van der Waals surface area contributed by atoms with Crippen LogP contribution in [0.25, 0.3) is 0 Å². The number of carbonyl (C=O) groups excluding carboxylic acids is 2. The summed E-state index contributed by atoms with van der Waals surface area (Å²) in [4.78, 5) is 33.0. The predicted molar refractivity (Wildman–Crippen MR) is 133 cm³/mol. The van der Waals surface area contributed by atoms with Gasteiger partial charge in [0.25, 0.3) is 13.5 Å². The molecule has 0 atom stereocenters. The van der Waals surface area contributed by atoms with Crippen LogP contribution in [0.4, 0.5) is 0 Å². The highest BCUT2D eigenvalue weighted by atomic mass is 35.6. The van der Waals surface area contributed by atoms with Gasteiger partial charge in [0.15, 0.2) is 0 Å². The minimum absolute atomic E-state index is 0.111. The zero-order chi connectivity index (χ0) is 24.2. The summed E-state index contributed by atoms with van der Waals surface area (Å²) >= 11 is 35.4. The number of amides is 2. The number of benzene rings is 2. The van der Waals surface area contributed by atoms with Crippen molar-refractivity contribution in [3.63, 3.8) is 0 Å². The van der Waals surface area contributed by atoms with Gasteiger partial charge in [-0.2, -0.15) is 9.98 Å². The Morgan fingerprint density at radius 1 is 0.727 bits per heavy atom. The highest BCUT2D eigenvalue weighted by Crippen LogP contribution is 2.28. The molecule has 0 spiro atoms. The fourth-order valence-electron chi connectivity index (χ4n) is 2.67. The molecule has 0 bridgehead atoms. The Morgan fingerprint density at radius 2 is 1.18 bits per heavy atom. The Balaban J connectivity index is 2.29. The first-order valence-corrected chi connectivity index (χ1v) is 12.2. The maximum Gasteiger partial charge on any atom is 0.301 e. The van der Waals surface area contributed by atoms with E-state index in [2.05, 4.69) is 9.98 Å². The highest BCUT2D eigenvalue weighted by molar-refractivity contribution is 7.03. The van der Waals surface area contributed by atoms with Gasteiger partial charge in [0.2, 0.25) is 10.4 Å². The summed E-state index contributed by atoms with van der Waals surface area (Å²) < 4.78 is -1.38. The molecule has 0 aliphatic carbocycles. The largest absolute Gasteiger partial charge is 0.301 e. The second-order valence-corrected chi connectivity index (χ2v) is 12.1. The summed E-state index contributed by atoms with van der Waals surface area (Å²) in [5, 5.41) is 0. The van der Waals surface area contributed by atoms with Crippen molar-refractivity contribution >= 4 is 93.0 Å². The van der Waals surface area contributed by atoms with Gasteiger partial charge in [-0.1, -0.05) is 130 Å². The molecule has 3 aromatic rings. The summed E-state index contributed by atoms with van der Waals surface area (Å²) in [7, 11) is 0. The number of alkyl halides is 6. The van der Waals surface area contributed by atoms with Crippen molar-refractivity contribution in [2.24, 2.45) is 9.98 Å². The predicted octanol–water partition coefficient (Wildman–Crippen LogP) is 5.04. The van der Waals surface area contributed by atoms with Gasteiger partial charge in [0.1, 0.15) is 0 Å². The standard InChI is InChI=1S/C20H14Cl6N4O2S/c21-19(22,23)15(31)27-17-29(11-13-7-3-1-4-8-13)18(28-16(32)20(24,25)26)33-30(17)12-14-9-5-2-6-10-14/h1-10H,11-12H2. The van der Waals surface area contributed by atoms with E-state index < -0.39 is 19.4 Å². The molecule has 0 unspecified atom stereocenters. The summed E-state index contributed by atoms with van der Waals surface area (Å²) in [6, 6.07) is 18.6. The molecule has 3 rings (SSSR count). The van der Waals surface area contributed by atoms with Crippen molar-refractivity contribution in [2.45, 2.75) is 20.7 Å². The first kappa shape index (κ1) is 26.3. The van der Waals surface area contributed by atoms with Crippen molar-refractivity contribution in [2.75, 3.05) is 0 Å². The van der Waals surface area contributed by atoms with E-state index in [1.54, 1.807) is 3.96 Å². The summed E-state index contributed by atoms with van der Waals surface area (Å²) in [5.41, 5.74) is 1.84. The first-order chi connectivity index (χ1) is 15.4. The van der Waals surface area contributed by atoms with E-state index in [1.165, 1.54) is 4.57 Å². The fraction of sp³-hybridized carbons (Fsp3) is 0.200. The fourth-order valence-corrected chi connectivity index (χ4v) is 3.92. The molecule has 0 radical (unpaired) electrons. The zero-order valence-electron chi connectivity index (χ0n) is 16.5. The molecule has 1 aromatic heterocycles. The lowest BCUT2D eigenvalue weighted by Crippen LogP contribution is -2.35. The lowest BCUT2D eigenvalue weighted by molar-refractivity contribution is -0.118. The summed E-state index contributed by atoms with van der Waals surface area (Å²) in [6.07, 6.45) is 0. The maximum atomic E-state index is 12.5. The number of carbonyl (C=O) groups is 2. The van der Waals surface area contributed by atoms with Crippen LogP contribution in [-0.4, -0.2) is 27.9 Å². The molecule has 0 saturated heterocycles. The van der Waals surface area contributed by atoms with Crippen LogP contribution in [0.2, 0.25) is 0 Å². The number of halogens is 6. The summed E-state index contributed by atoms with van der Waals surface area (Å²) in [6.45, 7) is 0.487. The molecule has 0 fully saturated rings. The van der Waals surface area contributed by atoms with Crippen LogP contribution < -0.4 is 10.4 Å². The second-order valence-electron chi connectivity index (χ2n) is 6.60. The quantitative estimate of drug-likeness (QED) is 0.402. The van der Waals surface area contributed by atoms with Gasteiger partial charge in [-0.3, -0.25) is 18.1 Å². The van der Waals surface area contributed by atoms with Crippen LogP contribution in [0.15, 0.2) is 70.6 Å². The van der Waals surface area contributed by atoms with Crippen molar-refractivity contribution in [3.8, 4) is 0 Å². The molecule has 0 saturated carbocycles. The van der Waals surface area contributed by atoms with Gasteiger partial charge in [0, 0.05) is 0 Å². The first-order valence-electron chi connectivity index (χ1n) is 9.16. The monoisotopic (exact) mass is 584 g/mol. The van der Waals surface area contributed by atoms with Crippen LogP contribution in [0.3, 0.4) is 0 Å². The Labute approximate surface area is 222 Å². The molecule has 0 aliphatic heterocycles. The van der Waals surface area contributed by atoms with Gasteiger partial charge < -0.3 is 0 Å². The van der Waals surface area contributed by atoms with Crippen molar-refractivity contribution < 1.29 is 9.59 Å². The van der Waals surface area contributed by atoms with Gasteiger partial charge in [-0.05, 0) is 22.7 Å². The number of hydrogen-bond acceptors (Lipinski definition) is 3. The van der Waals surface area contributed by atoms with Crippen LogP contribution in [-0.2, 0) is 22.7 Å². The van der Waals surface area contributed by atoms with E-state index >= 15 is 0 Å². The van der Waals surface area contributed by atoms with E-state index in [9.17, 15) is 9.59 Å². The van der Waals surface area contributed by atoms with E-state index in [4.69, 9.17) is 69.6 Å². The molecule has 0 aliphatic rings. The Bertz CT molecular complexity index is 1270. The molecule has 1 heterocycles. The minimum atomic E-state index is -2.28. The van der Waals surface area contributed by atoms with Crippen LogP contribution in [0, 0.1) is 0 Å². The van der Waals surface area contributed by atoms with Gasteiger partial charge in [-0.15, -0.1) is 0 Å². The molecule has 6 nitrogen and oxygen atoms in total. The van der Waals surface area contributed by atoms with E-state index in [-0.39, 0.29) is 17.0 Å². The normalized spacial score (nSPS) is 13.4. The molecule has 0 N–H and O–H groups in total. The lowest BCUT2D eigenvalue weighted by Gasteiger charge is -2.08. The van der Waals surface area contributed by atoms with Crippen molar-refractivity contribution in [1.29, 1.82) is 0 Å². The lowest BCUT2D eigenvalue weighted by atomic mass is 10.2. The average Bonchev–Trinajstić information content (AvgIpc) is 3.04. The molecular formula is C20H14Cl6N4O2S. The Hall–Kier alpha value is -1.32. The SMILES string of the molecule is O=C(N=c1sn(Cc2ccccc2)c(=NC(=O)C(Cl)(Cl)Cl)n1Cc1ccccc1)C(Cl)(Cl)Cl. The topological polar surface area (TPSA) is 68.7 Å². The van der Waals surface area contributed by atoms with Crippen molar-refractivity contribution in [3.05, 3.63) is 82.2 Å². The highest BCUT2D eigenvalue weighted by Gasteiger charge is 2.32. The molecule has 13 heteroatoms. The number of hydrogen-bond donors (Lipinski definition) is 0. The minimum Gasteiger partial charge on any atom is -0.281 e. The van der Waals surface area contributed by atoms with E-state index in [0.717, 1.165) is 22.7 Å². The molecule has 33 heavy (non-hydrogen) atoms. The Morgan fingerprint density at radius 3 is 1.67 bits per heavy atom. The number of nitrogens with zero attached hydrogens (tertiary/aromatic N) is 4. The average molecular weight is 587 g/mol. The molecule has 2 aromatic carbocycles. The van der Waals surface area contributed by atoms with Gasteiger partial charge in [-0.25, -0.2) is 0 Å². The molecule has 174 valence electrons. The van der Waals surface area contributed by atoms with E-state index in [0.29, 0.717) is 6.54 Å². The maximum absolute atomic E-state index is 12.5. The van der Waals surface area contributed by atoms with Crippen LogP contribution >= 0.6 is 81.1 Å². The van der Waals surface area contributed by atoms with Crippen molar-refractivity contribution in [1.82, 2.24) is 8.52 Å². The molecular weight excluding hydrogens is 573 g/mol. The summed E-state index contributed by atoms with van der Waals surface area (Å²) in [5.74, 6) is -2.00. The van der Waals surface area contributed by atoms with Crippen LogP contribution in [0.5, 0.6) is 0 Å². The third-order valence-electron chi connectivity index (χ3n) is 4.12. The number of aromatic nitrogens is 2. The molecule has 2 amide bonds.